The zero-order valence-corrected chi connectivity index (χ0v) is 12.6. The lowest BCUT2D eigenvalue weighted by Crippen LogP contribution is -2.04. The zero-order chi connectivity index (χ0) is 15.2. The highest BCUT2D eigenvalue weighted by molar-refractivity contribution is 5.53. The Hall–Kier alpha value is -2.27. The van der Waals surface area contributed by atoms with E-state index in [1.54, 1.807) is 14.2 Å². The molecule has 1 aromatic heterocycles. The molecular weight excluding hydrogens is 268 g/mol. The van der Waals surface area contributed by atoms with Crippen molar-refractivity contribution in [2.75, 3.05) is 14.2 Å². The molecule has 0 saturated carbocycles. The van der Waals surface area contributed by atoms with Crippen LogP contribution in [0.25, 0.3) is 0 Å². The second-order valence-corrected chi connectivity index (χ2v) is 4.59. The van der Waals surface area contributed by atoms with Crippen molar-refractivity contribution < 1.29 is 14.2 Å². The molecule has 0 saturated heterocycles. The highest BCUT2D eigenvalue weighted by Gasteiger charge is 2.14. The van der Waals surface area contributed by atoms with Gasteiger partial charge in [0.1, 0.15) is 6.61 Å². The molecule has 0 aliphatic carbocycles. The van der Waals surface area contributed by atoms with Gasteiger partial charge in [-0.2, -0.15) is 0 Å². The molecule has 5 heteroatoms. The molecule has 1 heterocycles. The first-order valence-corrected chi connectivity index (χ1v) is 6.68. The van der Waals surface area contributed by atoms with Gasteiger partial charge >= 0.3 is 0 Å². The summed E-state index contributed by atoms with van der Waals surface area (Å²) in [6.07, 6.45) is 0. The van der Waals surface area contributed by atoms with Crippen LogP contribution in [0.3, 0.4) is 0 Å². The van der Waals surface area contributed by atoms with E-state index < -0.39 is 0 Å². The van der Waals surface area contributed by atoms with Crippen molar-refractivity contribution in [2.24, 2.45) is 5.73 Å². The van der Waals surface area contributed by atoms with E-state index in [4.69, 9.17) is 19.9 Å². The second kappa shape index (κ2) is 6.95. The molecule has 2 N–H and O–H groups in total. The normalized spacial score (nSPS) is 10.3. The molecule has 21 heavy (non-hydrogen) atoms. The average molecular weight is 288 g/mol. The van der Waals surface area contributed by atoms with Crippen LogP contribution in [-0.2, 0) is 13.2 Å². The molecule has 0 fully saturated rings. The van der Waals surface area contributed by atoms with Crippen molar-refractivity contribution >= 4 is 0 Å². The molecule has 1 aromatic carbocycles. The third kappa shape index (κ3) is 3.64. The summed E-state index contributed by atoms with van der Waals surface area (Å²) < 4.78 is 16.6. The van der Waals surface area contributed by atoms with E-state index in [0.29, 0.717) is 30.4 Å². The van der Waals surface area contributed by atoms with Crippen LogP contribution in [0, 0.1) is 6.92 Å². The molecule has 2 aromatic rings. The Morgan fingerprint density at radius 3 is 2.29 bits per heavy atom. The standard InChI is InChI=1S/C16H20N2O3/c1-11-5-4-6-13(18-11)10-21-16-14(19-2)7-12(9-17)8-15(16)20-3/h4-8H,9-10,17H2,1-3H3. The largest absolute Gasteiger partial charge is 0.493 e. The number of hydrogen-bond acceptors (Lipinski definition) is 5. The Balaban J connectivity index is 2.26. The fourth-order valence-electron chi connectivity index (χ4n) is 2.02. The van der Waals surface area contributed by atoms with Crippen LogP contribution in [0.5, 0.6) is 17.2 Å². The van der Waals surface area contributed by atoms with Crippen molar-refractivity contribution in [3.63, 3.8) is 0 Å². The smallest absolute Gasteiger partial charge is 0.203 e. The Morgan fingerprint density at radius 2 is 1.76 bits per heavy atom. The predicted octanol–water partition coefficient (Wildman–Crippen LogP) is 2.44. The van der Waals surface area contributed by atoms with Gasteiger partial charge in [-0.05, 0) is 36.8 Å². The maximum absolute atomic E-state index is 5.84. The Bertz CT molecular complexity index is 589. The Kier molecular flexibility index (Phi) is 5.00. The second-order valence-electron chi connectivity index (χ2n) is 4.59. The van der Waals surface area contributed by atoms with Gasteiger partial charge in [0.25, 0.3) is 0 Å². The molecule has 5 nitrogen and oxygen atoms in total. The monoisotopic (exact) mass is 288 g/mol. The van der Waals surface area contributed by atoms with Gasteiger partial charge in [0.15, 0.2) is 11.5 Å². The summed E-state index contributed by atoms with van der Waals surface area (Å²) >= 11 is 0. The molecule has 0 atom stereocenters. The van der Waals surface area contributed by atoms with Crippen molar-refractivity contribution in [3.05, 3.63) is 47.3 Å². The number of nitrogens with zero attached hydrogens (tertiary/aromatic N) is 1. The van der Waals surface area contributed by atoms with Gasteiger partial charge < -0.3 is 19.9 Å². The topological polar surface area (TPSA) is 66.6 Å². The lowest BCUT2D eigenvalue weighted by Gasteiger charge is -2.15. The molecule has 0 bridgehead atoms. The number of ether oxygens (including phenoxy) is 3. The summed E-state index contributed by atoms with van der Waals surface area (Å²) in [6, 6.07) is 9.51. The van der Waals surface area contributed by atoms with E-state index in [0.717, 1.165) is 17.0 Å². The molecule has 0 unspecified atom stereocenters. The molecule has 112 valence electrons. The summed E-state index contributed by atoms with van der Waals surface area (Å²) in [5.41, 5.74) is 8.39. The van der Waals surface area contributed by atoms with Gasteiger partial charge in [0.2, 0.25) is 5.75 Å². The fraction of sp³-hybridized carbons (Fsp3) is 0.312. The minimum Gasteiger partial charge on any atom is -0.493 e. The first-order valence-electron chi connectivity index (χ1n) is 6.68. The van der Waals surface area contributed by atoms with E-state index in [1.165, 1.54) is 0 Å². The first kappa shape index (κ1) is 15.1. The average Bonchev–Trinajstić information content (AvgIpc) is 2.52. The van der Waals surface area contributed by atoms with Crippen LogP contribution in [0.2, 0.25) is 0 Å². The molecule has 0 aliphatic heterocycles. The van der Waals surface area contributed by atoms with Gasteiger partial charge in [0.05, 0.1) is 19.9 Å². The lowest BCUT2D eigenvalue weighted by atomic mass is 10.2. The summed E-state index contributed by atoms with van der Waals surface area (Å²) in [7, 11) is 3.18. The van der Waals surface area contributed by atoms with Crippen LogP contribution < -0.4 is 19.9 Å². The minimum absolute atomic E-state index is 0.344. The van der Waals surface area contributed by atoms with Gasteiger partial charge in [-0.25, -0.2) is 0 Å². The van der Waals surface area contributed by atoms with Crippen LogP contribution in [-0.4, -0.2) is 19.2 Å². The third-order valence-electron chi connectivity index (χ3n) is 3.07. The molecular formula is C16H20N2O3. The number of benzene rings is 1. The van der Waals surface area contributed by atoms with Crippen molar-refractivity contribution in [3.8, 4) is 17.2 Å². The number of aryl methyl sites for hydroxylation is 1. The predicted molar refractivity (Wildman–Crippen MR) is 80.7 cm³/mol. The molecule has 0 spiro atoms. The Morgan fingerprint density at radius 1 is 1.10 bits per heavy atom. The maximum Gasteiger partial charge on any atom is 0.203 e. The lowest BCUT2D eigenvalue weighted by molar-refractivity contribution is 0.262. The SMILES string of the molecule is COc1cc(CN)cc(OC)c1OCc1cccc(C)n1. The number of nitrogens with two attached hydrogens (primary N) is 1. The van der Waals surface area contributed by atoms with Crippen LogP contribution in [0.15, 0.2) is 30.3 Å². The first-order chi connectivity index (χ1) is 10.2. The molecule has 0 aliphatic rings. The van der Waals surface area contributed by atoms with Gasteiger partial charge in [-0.1, -0.05) is 6.07 Å². The van der Waals surface area contributed by atoms with Gasteiger partial charge in [0, 0.05) is 12.2 Å². The summed E-state index contributed by atoms with van der Waals surface area (Å²) in [5, 5.41) is 0. The van der Waals surface area contributed by atoms with Gasteiger partial charge in [-0.15, -0.1) is 0 Å². The van der Waals surface area contributed by atoms with E-state index in [1.807, 2.05) is 37.3 Å². The molecule has 0 radical (unpaired) electrons. The summed E-state index contributed by atoms with van der Waals surface area (Å²) in [4.78, 5) is 4.41. The van der Waals surface area contributed by atoms with E-state index in [9.17, 15) is 0 Å². The molecule has 0 amide bonds. The van der Waals surface area contributed by atoms with Crippen LogP contribution in [0.1, 0.15) is 17.0 Å². The maximum atomic E-state index is 5.84. The van der Waals surface area contributed by atoms with Crippen LogP contribution in [0.4, 0.5) is 0 Å². The van der Waals surface area contributed by atoms with Crippen LogP contribution >= 0.6 is 0 Å². The zero-order valence-electron chi connectivity index (χ0n) is 12.6. The number of pyridine rings is 1. The van der Waals surface area contributed by atoms with Crippen molar-refractivity contribution in [1.82, 2.24) is 4.98 Å². The highest BCUT2D eigenvalue weighted by Crippen LogP contribution is 2.38. The van der Waals surface area contributed by atoms with E-state index in [2.05, 4.69) is 4.98 Å². The number of rotatable bonds is 6. The number of methoxy groups -OCH3 is 2. The summed E-state index contributed by atoms with van der Waals surface area (Å²) in [6.45, 7) is 2.70. The van der Waals surface area contributed by atoms with Gasteiger partial charge in [-0.3, -0.25) is 4.98 Å². The highest BCUT2D eigenvalue weighted by atomic mass is 16.5. The number of hydrogen-bond donors (Lipinski definition) is 1. The van der Waals surface area contributed by atoms with Crippen molar-refractivity contribution in [2.45, 2.75) is 20.1 Å². The quantitative estimate of drug-likeness (QED) is 0.884. The minimum atomic E-state index is 0.344. The van der Waals surface area contributed by atoms with Crippen molar-refractivity contribution in [1.29, 1.82) is 0 Å². The molecule has 2 rings (SSSR count). The number of aromatic nitrogens is 1. The third-order valence-corrected chi connectivity index (χ3v) is 3.07. The Labute approximate surface area is 124 Å². The van der Waals surface area contributed by atoms with E-state index >= 15 is 0 Å². The fourth-order valence-corrected chi connectivity index (χ4v) is 2.02. The summed E-state index contributed by atoms with van der Waals surface area (Å²) in [5.74, 6) is 1.76. The van der Waals surface area contributed by atoms with E-state index in [-0.39, 0.29) is 0 Å².